The Morgan fingerprint density at radius 3 is 2.57 bits per heavy atom. The highest BCUT2D eigenvalue weighted by Crippen LogP contribution is 2.22. The van der Waals surface area contributed by atoms with E-state index in [1.54, 1.807) is 0 Å². The average molecular weight is 318 g/mol. The van der Waals surface area contributed by atoms with Gasteiger partial charge in [-0.25, -0.2) is 31.4 Å². The number of carboxylic acid groups (broad SMARTS) is 1. The highest BCUT2D eigenvalue weighted by molar-refractivity contribution is 7.92. The topological polar surface area (TPSA) is 114 Å². The zero-order valence-corrected chi connectivity index (χ0v) is 11.2. The van der Waals surface area contributed by atoms with Crippen LogP contribution in [0.3, 0.4) is 0 Å². The molecule has 0 radical (unpaired) electrons. The van der Waals surface area contributed by atoms with E-state index in [1.165, 1.54) is 7.05 Å². The van der Waals surface area contributed by atoms with Crippen LogP contribution in [-0.4, -0.2) is 34.3 Å². The van der Waals surface area contributed by atoms with Crippen LogP contribution in [0.1, 0.15) is 10.4 Å². The van der Waals surface area contributed by atoms with Gasteiger partial charge in [0, 0.05) is 7.05 Å². The van der Waals surface area contributed by atoms with E-state index < -0.39 is 38.1 Å². The normalized spacial score (nSPS) is 11.4. The molecule has 0 saturated heterocycles. The minimum Gasteiger partial charge on any atom is -0.477 e. The van der Waals surface area contributed by atoms with E-state index in [4.69, 9.17) is 5.11 Å². The predicted molar refractivity (Wildman–Crippen MR) is 65.1 cm³/mol. The fourth-order valence-electron chi connectivity index (χ4n) is 1.50. The second-order valence-electron chi connectivity index (χ2n) is 3.85. The molecule has 2 N–H and O–H groups in total. The number of aromatic carboxylic acids is 1. The van der Waals surface area contributed by atoms with Crippen LogP contribution in [0.4, 0.5) is 14.7 Å². The Balaban J connectivity index is 2.53. The monoisotopic (exact) mass is 318 g/mol. The summed E-state index contributed by atoms with van der Waals surface area (Å²) in [4.78, 5) is 13.3. The number of aromatic nitrogens is 3. The first kappa shape index (κ1) is 14.8. The fraction of sp³-hybridized carbons (Fsp3) is 0.100. The molecule has 21 heavy (non-hydrogen) atoms. The minimum absolute atomic E-state index is 0.212. The van der Waals surface area contributed by atoms with Crippen molar-refractivity contribution in [1.29, 1.82) is 0 Å². The predicted octanol–water partition coefficient (Wildman–Crippen LogP) is 0.592. The first-order chi connectivity index (χ1) is 9.74. The zero-order chi connectivity index (χ0) is 15.8. The number of anilines is 1. The molecule has 1 aromatic carbocycles. The van der Waals surface area contributed by atoms with E-state index in [2.05, 4.69) is 10.1 Å². The van der Waals surface area contributed by atoms with Crippen LogP contribution in [0.15, 0.2) is 23.4 Å². The summed E-state index contributed by atoms with van der Waals surface area (Å²) in [7, 11) is -3.10. The number of carbonyl (C=O) groups is 1. The standard InChI is InChI=1S/C10H8F2N4O4S/c1-16-10(13-4-14-16)15-21(19,20)6-3-2-5(11)7(8(6)12)9(17)18/h2-4H,1H3,(H,17,18)(H,13,14,15). The van der Waals surface area contributed by atoms with Gasteiger partial charge in [0.15, 0.2) is 5.82 Å². The molecule has 8 nitrogen and oxygen atoms in total. The van der Waals surface area contributed by atoms with E-state index >= 15 is 0 Å². The van der Waals surface area contributed by atoms with Gasteiger partial charge in [0.05, 0.1) is 0 Å². The van der Waals surface area contributed by atoms with E-state index in [9.17, 15) is 22.0 Å². The first-order valence-corrected chi connectivity index (χ1v) is 6.80. The maximum absolute atomic E-state index is 13.9. The molecule has 0 spiro atoms. The van der Waals surface area contributed by atoms with Crippen molar-refractivity contribution in [3.63, 3.8) is 0 Å². The number of sulfonamides is 1. The molecule has 0 atom stereocenters. The molecular formula is C10H8F2N4O4S. The van der Waals surface area contributed by atoms with Gasteiger partial charge in [0.2, 0.25) is 5.95 Å². The Morgan fingerprint density at radius 1 is 1.38 bits per heavy atom. The SMILES string of the molecule is Cn1ncnc1NS(=O)(=O)c1ccc(F)c(C(=O)O)c1F. The molecule has 0 aliphatic carbocycles. The van der Waals surface area contributed by atoms with Crippen molar-refractivity contribution in [3.05, 3.63) is 35.7 Å². The number of carboxylic acids is 1. The molecule has 0 aliphatic rings. The van der Waals surface area contributed by atoms with Crippen molar-refractivity contribution >= 4 is 21.9 Å². The van der Waals surface area contributed by atoms with Crippen molar-refractivity contribution < 1.29 is 27.1 Å². The van der Waals surface area contributed by atoms with Crippen molar-refractivity contribution in [2.24, 2.45) is 7.05 Å². The minimum atomic E-state index is -4.49. The molecule has 1 aromatic heterocycles. The van der Waals surface area contributed by atoms with Crippen LogP contribution in [0.2, 0.25) is 0 Å². The van der Waals surface area contributed by atoms with Gasteiger partial charge < -0.3 is 5.11 Å². The van der Waals surface area contributed by atoms with Gasteiger partial charge in [-0.15, -0.1) is 0 Å². The maximum atomic E-state index is 13.9. The summed E-state index contributed by atoms with van der Waals surface area (Å²) in [5, 5.41) is 12.3. The number of hydrogen-bond acceptors (Lipinski definition) is 5. The maximum Gasteiger partial charge on any atom is 0.341 e. The van der Waals surface area contributed by atoms with E-state index in [1.807, 2.05) is 4.72 Å². The van der Waals surface area contributed by atoms with Crippen molar-refractivity contribution in [1.82, 2.24) is 14.8 Å². The van der Waals surface area contributed by atoms with Gasteiger partial charge in [-0.3, -0.25) is 0 Å². The van der Waals surface area contributed by atoms with Crippen molar-refractivity contribution in [3.8, 4) is 0 Å². The average Bonchev–Trinajstić information content (AvgIpc) is 2.73. The number of nitrogens with zero attached hydrogens (tertiary/aromatic N) is 3. The lowest BCUT2D eigenvalue weighted by Gasteiger charge is -2.09. The van der Waals surface area contributed by atoms with Gasteiger partial charge in [-0.2, -0.15) is 10.1 Å². The molecule has 2 rings (SSSR count). The van der Waals surface area contributed by atoms with Crippen LogP contribution < -0.4 is 4.72 Å². The quantitative estimate of drug-likeness (QED) is 0.853. The number of nitrogens with one attached hydrogen (secondary N) is 1. The Hall–Kier alpha value is -2.56. The molecule has 0 amide bonds. The smallest absolute Gasteiger partial charge is 0.341 e. The number of aryl methyl sites for hydroxylation is 1. The summed E-state index contributed by atoms with van der Waals surface area (Å²) in [6, 6.07) is 1.17. The molecule has 0 fully saturated rings. The highest BCUT2D eigenvalue weighted by Gasteiger charge is 2.27. The van der Waals surface area contributed by atoms with E-state index in [0.717, 1.165) is 11.0 Å². The summed E-state index contributed by atoms with van der Waals surface area (Å²) < 4.78 is 54.2. The molecule has 0 unspecified atom stereocenters. The zero-order valence-electron chi connectivity index (χ0n) is 10.4. The molecule has 112 valence electrons. The van der Waals surface area contributed by atoms with Crippen molar-refractivity contribution in [2.75, 3.05) is 4.72 Å². The summed E-state index contributed by atoms with van der Waals surface area (Å²) >= 11 is 0. The fourth-order valence-corrected chi connectivity index (χ4v) is 2.62. The summed E-state index contributed by atoms with van der Waals surface area (Å²) in [6.45, 7) is 0. The number of rotatable bonds is 4. The van der Waals surface area contributed by atoms with E-state index in [-0.39, 0.29) is 5.95 Å². The Bertz CT molecular complexity index is 818. The lowest BCUT2D eigenvalue weighted by atomic mass is 10.2. The third-order valence-electron chi connectivity index (χ3n) is 2.50. The third kappa shape index (κ3) is 2.67. The highest BCUT2D eigenvalue weighted by atomic mass is 32.2. The van der Waals surface area contributed by atoms with Gasteiger partial charge in [0.1, 0.15) is 22.6 Å². The largest absolute Gasteiger partial charge is 0.477 e. The second-order valence-corrected chi connectivity index (χ2v) is 5.50. The Labute approximate surface area is 117 Å². The third-order valence-corrected chi connectivity index (χ3v) is 3.84. The number of hydrogen-bond donors (Lipinski definition) is 2. The summed E-state index contributed by atoms with van der Waals surface area (Å²) in [5.41, 5.74) is -1.35. The lowest BCUT2D eigenvalue weighted by molar-refractivity contribution is 0.0685. The number of halogens is 2. The number of benzene rings is 1. The summed E-state index contributed by atoms with van der Waals surface area (Å²) in [6.07, 6.45) is 1.06. The molecule has 0 aliphatic heterocycles. The van der Waals surface area contributed by atoms with Gasteiger partial charge in [-0.05, 0) is 12.1 Å². The Morgan fingerprint density at radius 2 is 2.05 bits per heavy atom. The van der Waals surface area contributed by atoms with Gasteiger partial charge in [0.25, 0.3) is 10.0 Å². The van der Waals surface area contributed by atoms with Crippen LogP contribution in [0, 0.1) is 11.6 Å². The first-order valence-electron chi connectivity index (χ1n) is 5.32. The van der Waals surface area contributed by atoms with Crippen LogP contribution in [0.5, 0.6) is 0 Å². The molecule has 11 heteroatoms. The second kappa shape index (κ2) is 5.09. The van der Waals surface area contributed by atoms with Crippen LogP contribution >= 0.6 is 0 Å². The van der Waals surface area contributed by atoms with Gasteiger partial charge in [-0.1, -0.05) is 0 Å². The molecule has 2 aromatic rings. The van der Waals surface area contributed by atoms with Gasteiger partial charge >= 0.3 is 5.97 Å². The molecular weight excluding hydrogens is 310 g/mol. The lowest BCUT2D eigenvalue weighted by Crippen LogP contribution is -2.19. The van der Waals surface area contributed by atoms with Crippen LogP contribution in [0.25, 0.3) is 0 Å². The molecule has 0 saturated carbocycles. The van der Waals surface area contributed by atoms with Crippen LogP contribution in [-0.2, 0) is 17.1 Å². The molecule has 0 bridgehead atoms. The Kier molecular flexibility index (Phi) is 3.60. The van der Waals surface area contributed by atoms with E-state index in [0.29, 0.717) is 12.1 Å². The van der Waals surface area contributed by atoms with Crippen molar-refractivity contribution in [2.45, 2.75) is 4.90 Å². The summed E-state index contributed by atoms with van der Waals surface area (Å²) in [5.74, 6) is -5.20. The molecule has 1 heterocycles.